The van der Waals surface area contributed by atoms with Crippen molar-refractivity contribution in [3.63, 3.8) is 0 Å². The highest BCUT2D eigenvalue weighted by atomic mass is 14.7. The van der Waals surface area contributed by atoms with E-state index in [-0.39, 0.29) is 0 Å². The van der Waals surface area contributed by atoms with Gasteiger partial charge in [-0.15, -0.1) is 0 Å². The Bertz CT molecular complexity index is 957. The van der Waals surface area contributed by atoms with Crippen molar-refractivity contribution in [2.24, 2.45) is 0 Å². The molecule has 0 spiro atoms. The predicted molar refractivity (Wildman–Crippen MR) is 97.8 cm³/mol. The van der Waals surface area contributed by atoms with Crippen LogP contribution in [-0.2, 0) is 0 Å². The van der Waals surface area contributed by atoms with Crippen molar-refractivity contribution < 1.29 is 0 Å². The zero-order valence-electron chi connectivity index (χ0n) is 13.2. The van der Waals surface area contributed by atoms with Gasteiger partial charge >= 0.3 is 0 Å². The Morgan fingerprint density at radius 3 is 2.04 bits per heavy atom. The van der Waals surface area contributed by atoms with Gasteiger partial charge in [0.05, 0.1) is 11.2 Å². The molecule has 23 heavy (non-hydrogen) atoms. The first-order valence-electron chi connectivity index (χ1n) is 8.21. The van der Waals surface area contributed by atoms with Crippen LogP contribution < -0.4 is 0 Å². The summed E-state index contributed by atoms with van der Waals surface area (Å²) in [6.45, 7) is 2.24. The van der Waals surface area contributed by atoms with Gasteiger partial charge in [0.25, 0.3) is 0 Å². The summed E-state index contributed by atoms with van der Waals surface area (Å²) >= 11 is 0. The van der Waals surface area contributed by atoms with Gasteiger partial charge in [-0.25, -0.2) is 0 Å². The maximum atomic E-state index is 5.05. The first-order chi connectivity index (χ1) is 11.4. The smallest absolute Gasteiger partial charge is 0.0712 e. The van der Waals surface area contributed by atoms with Crippen LogP contribution in [0.3, 0.4) is 0 Å². The van der Waals surface area contributed by atoms with Crippen LogP contribution in [0, 0.1) is 0 Å². The van der Waals surface area contributed by atoms with Gasteiger partial charge in [0.15, 0.2) is 0 Å². The lowest BCUT2D eigenvalue weighted by Gasteiger charge is -2.18. The fourth-order valence-electron chi connectivity index (χ4n) is 3.47. The molecule has 0 saturated carbocycles. The minimum atomic E-state index is 0.325. The molecule has 1 nitrogen and oxygen atoms in total. The van der Waals surface area contributed by atoms with Crippen LogP contribution in [0.15, 0.2) is 78.9 Å². The molecule has 1 heteroatoms. The Hall–Kier alpha value is -2.67. The monoisotopic (exact) mass is 297 g/mol. The van der Waals surface area contributed by atoms with E-state index in [0.717, 1.165) is 11.9 Å². The summed E-state index contributed by atoms with van der Waals surface area (Å²) in [4.78, 5) is 5.05. The van der Waals surface area contributed by atoms with E-state index in [4.69, 9.17) is 4.98 Å². The zero-order chi connectivity index (χ0) is 15.6. The minimum Gasteiger partial charge on any atom is -0.252 e. The molecule has 1 heterocycles. The lowest BCUT2D eigenvalue weighted by Crippen LogP contribution is -2.04. The molecular formula is C22H19N. The molecule has 0 saturated heterocycles. The number of hydrogen-bond donors (Lipinski definition) is 0. The Balaban J connectivity index is 2.05. The molecule has 4 aromatic rings. The second-order valence-electron chi connectivity index (χ2n) is 5.93. The van der Waals surface area contributed by atoms with Crippen molar-refractivity contribution in [3.05, 3.63) is 90.1 Å². The number of hydrogen-bond acceptors (Lipinski definition) is 1. The van der Waals surface area contributed by atoms with Crippen molar-refractivity contribution in [1.29, 1.82) is 0 Å². The quantitative estimate of drug-likeness (QED) is 0.427. The summed E-state index contributed by atoms with van der Waals surface area (Å²) in [6.07, 6.45) is 1.04. The number of benzene rings is 3. The molecule has 0 aliphatic heterocycles. The SMILES string of the molecule is CC[C@H](c1ccccc1)c1nc2ccccc2c2ccccc12. The van der Waals surface area contributed by atoms with E-state index in [1.807, 2.05) is 0 Å². The predicted octanol–water partition coefficient (Wildman–Crippen LogP) is 5.93. The maximum absolute atomic E-state index is 5.05. The largest absolute Gasteiger partial charge is 0.252 e. The van der Waals surface area contributed by atoms with Crippen LogP contribution in [-0.4, -0.2) is 4.98 Å². The number of rotatable bonds is 3. The van der Waals surface area contributed by atoms with Crippen molar-refractivity contribution in [1.82, 2.24) is 4.98 Å². The van der Waals surface area contributed by atoms with E-state index < -0.39 is 0 Å². The molecule has 0 fully saturated rings. The van der Waals surface area contributed by atoms with Gasteiger partial charge in [-0.1, -0.05) is 79.7 Å². The lowest BCUT2D eigenvalue weighted by molar-refractivity contribution is 0.761. The van der Waals surface area contributed by atoms with Gasteiger partial charge in [-0.3, -0.25) is 4.98 Å². The molecular weight excluding hydrogens is 278 g/mol. The van der Waals surface area contributed by atoms with Crippen LogP contribution in [0.5, 0.6) is 0 Å². The number of pyridine rings is 1. The Labute approximate surface area is 136 Å². The van der Waals surface area contributed by atoms with Gasteiger partial charge < -0.3 is 0 Å². The van der Waals surface area contributed by atoms with Gasteiger partial charge in [-0.2, -0.15) is 0 Å². The van der Waals surface area contributed by atoms with Crippen LogP contribution >= 0.6 is 0 Å². The lowest BCUT2D eigenvalue weighted by atomic mass is 9.89. The van der Waals surface area contributed by atoms with E-state index in [2.05, 4.69) is 85.8 Å². The fraction of sp³-hybridized carbons (Fsp3) is 0.136. The molecule has 112 valence electrons. The molecule has 1 aromatic heterocycles. The van der Waals surface area contributed by atoms with Crippen LogP contribution in [0.4, 0.5) is 0 Å². The van der Waals surface area contributed by atoms with E-state index in [0.29, 0.717) is 5.92 Å². The number of nitrogens with zero attached hydrogens (tertiary/aromatic N) is 1. The average Bonchev–Trinajstić information content (AvgIpc) is 2.63. The third kappa shape index (κ3) is 2.39. The van der Waals surface area contributed by atoms with Crippen molar-refractivity contribution >= 4 is 21.7 Å². The maximum Gasteiger partial charge on any atom is 0.0712 e. The van der Waals surface area contributed by atoms with Crippen molar-refractivity contribution in [2.75, 3.05) is 0 Å². The van der Waals surface area contributed by atoms with Crippen LogP contribution in [0.25, 0.3) is 21.7 Å². The second-order valence-corrected chi connectivity index (χ2v) is 5.93. The van der Waals surface area contributed by atoms with E-state index in [9.17, 15) is 0 Å². The normalized spacial score (nSPS) is 12.6. The molecule has 0 unspecified atom stereocenters. The topological polar surface area (TPSA) is 12.9 Å². The van der Waals surface area contributed by atoms with Crippen LogP contribution in [0.2, 0.25) is 0 Å². The Morgan fingerprint density at radius 2 is 1.30 bits per heavy atom. The molecule has 0 radical (unpaired) electrons. The number of para-hydroxylation sites is 1. The third-order valence-electron chi connectivity index (χ3n) is 4.58. The van der Waals surface area contributed by atoms with Gasteiger partial charge in [0.1, 0.15) is 0 Å². The summed E-state index contributed by atoms with van der Waals surface area (Å²) < 4.78 is 0. The Morgan fingerprint density at radius 1 is 0.696 bits per heavy atom. The van der Waals surface area contributed by atoms with E-state index in [1.165, 1.54) is 27.4 Å². The van der Waals surface area contributed by atoms with Crippen molar-refractivity contribution in [2.45, 2.75) is 19.3 Å². The molecule has 3 aromatic carbocycles. The van der Waals surface area contributed by atoms with Gasteiger partial charge in [-0.05, 0) is 23.4 Å². The third-order valence-corrected chi connectivity index (χ3v) is 4.58. The number of aromatic nitrogens is 1. The van der Waals surface area contributed by atoms with Crippen molar-refractivity contribution in [3.8, 4) is 0 Å². The molecule has 4 rings (SSSR count). The summed E-state index contributed by atoms with van der Waals surface area (Å²) in [5.41, 5.74) is 3.60. The van der Waals surface area contributed by atoms with Crippen LogP contribution in [0.1, 0.15) is 30.5 Å². The van der Waals surface area contributed by atoms with Gasteiger partial charge in [0, 0.05) is 16.7 Å². The number of fused-ring (bicyclic) bond motifs is 3. The summed E-state index contributed by atoms with van der Waals surface area (Å²) in [5, 5.41) is 3.79. The molecule has 0 amide bonds. The molecule has 0 aliphatic carbocycles. The van der Waals surface area contributed by atoms with E-state index in [1.54, 1.807) is 0 Å². The standard InChI is InChI=1S/C22H19N/c1-2-17(16-10-4-3-5-11-16)22-20-14-7-6-12-18(20)19-13-8-9-15-21(19)23-22/h3-15,17H,2H2,1H3/t17-/m1/s1. The first-order valence-corrected chi connectivity index (χ1v) is 8.21. The minimum absolute atomic E-state index is 0.325. The zero-order valence-corrected chi connectivity index (χ0v) is 13.2. The summed E-state index contributed by atoms with van der Waals surface area (Å²) in [5.74, 6) is 0.325. The highest BCUT2D eigenvalue weighted by molar-refractivity contribution is 6.06. The summed E-state index contributed by atoms with van der Waals surface area (Å²) in [7, 11) is 0. The molecule has 1 atom stereocenters. The summed E-state index contributed by atoms with van der Waals surface area (Å²) in [6, 6.07) is 27.8. The average molecular weight is 297 g/mol. The first kappa shape index (κ1) is 14.0. The molecule has 0 bridgehead atoms. The van der Waals surface area contributed by atoms with E-state index >= 15 is 0 Å². The Kier molecular flexibility index (Phi) is 3.55. The van der Waals surface area contributed by atoms with Gasteiger partial charge in [0.2, 0.25) is 0 Å². The highest BCUT2D eigenvalue weighted by Crippen LogP contribution is 2.34. The second kappa shape index (κ2) is 5.85. The highest BCUT2D eigenvalue weighted by Gasteiger charge is 2.17. The fourth-order valence-corrected chi connectivity index (χ4v) is 3.47. The molecule has 0 aliphatic rings. The molecule has 0 N–H and O–H groups in total.